The Balaban J connectivity index is 1.67. The van der Waals surface area contributed by atoms with Gasteiger partial charge in [-0.3, -0.25) is 0 Å². The van der Waals surface area contributed by atoms with Gasteiger partial charge in [0.25, 0.3) is 0 Å². The van der Waals surface area contributed by atoms with Crippen LogP contribution in [0.25, 0.3) is 0 Å². The Morgan fingerprint density at radius 1 is 1.19 bits per heavy atom. The molecule has 2 N–H and O–H groups in total. The van der Waals surface area contributed by atoms with Crippen molar-refractivity contribution in [2.24, 2.45) is 0 Å². The Labute approximate surface area is 159 Å². The molecule has 0 spiro atoms. The van der Waals surface area contributed by atoms with Crippen LogP contribution >= 0.6 is 0 Å². The number of hydrogen-bond acceptors (Lipinski definition) is 3. The molecule has 4 rings (SSSR count). The average molecular weight is 372 g/mol. The molecule has 1 aliphatic carbocycles. The van der Waals surface area contributed by atoms with E-state index in [4.69, 9.17) is 0 Å². The summed E-state index contributed by atoms with van der Waals surface area (Å²) in [5, 5.41) is 12.7. The van der Waals surface area contributed by atoms with E-state index in [0.29, 0.717) is 11.6 Å². The van der Waals surface area contributed by atoms with E-state index in [1.165, 1.54) is 22.6 Å². The molecule has 0 bridgehead atoms. The van der Waals surface area contributed by atoms with E-state index < -0.39 is 0 Å². The number of halogens is 1. The summed E-state index contributed by atoms with van der Waals surface area (Å²) in [6.45, 7) is 8.89. The fraction of sp³-hybridized carbons (Fsp3) is 0.550. The van der Waals surface area contributed by atoms with E-state index in [0.717, 1.165) is 51.4 Å². The number of piperazine rings is 1. The molecule has 0 unspecified atom stereocenters. The van der Waals surface area contributed by atoms with Crippen molar-refractivity contribution in [3.8, 4) is 0 Å². The van der Waals surface area contributed by atoms with E-state index in [9.17, 15) is 4.39 Å². The van der Waals surface area contributed by atoms with Gasteiger partial charge < -0.3 is 9.80 Å². The lowest BCUT2D eigenvalue weighted by Gasteiger charge is -2.34. The van der Waals surface area contributed by atoms with Gasteiger partial charge in [0.15, 0.2) is 6.04 Å². The highest BCUT2D eigenvalue weighted by Gasteiger charge is 2.38. The summed E-state index contributed by atoms with van der Waals surface area (Å²) in [4.78, 5) is 2.89. The number of nitrogens with zero attached hydrogens (tertiary/aromatic N) is 4. The molecule has 7 heteroatoms. The lowest BCUT2D eigenvalue weighted by Crippen LogP contribution is -3.28. The first-order chi connectivity index (χ1) is 13.3. The summed E-state index contributed by atoms with van der Waals surface area (Å²) < 4.78 is 16.8. The van der Waals surface area contributed by atoms with Gasteiger partial charge in [-0.1, -0.05) is 31.6 Å². The number of nitrogens with one attached hydrogen (secondary N) is 2. The smallest absolute Gasteiger partial charge is 0.214 e. The molecule has 2 fully saturated rings. The van der Waals surface area contributed by atoms with Gasteiger partial charge in [0, 0.05) is 0 Å². The number of hydrogen-bond donors (Lipinski definition) is 2. The summed E-state index contributed by atoms with van der Waals surface area (Å²) in [7, 11) is 0. The van der Waals surface area contributed by atoms with Crippen molar-refractivity contribution in [2.75, 3.05) is 32.7 Å². The van der Waals surface area contributed by atoms with Gasteiger partial charge in [-0.15, -0.1) is 5.10 Å². The highest BCUT2D eigenvalue weighted by Crippen LogP contribution is 2.31. The van der Waals surface area contributed by atoms with Crippen LogP contribution in [0.4, 0.5) is 4.39 Å². The topological polar surface area (TPSA) is 52.5 Å². The fourth-order valence-corrected chi connectivity index (χ4v) is 4.67. The Morgan fingerprint density at radius 2 is 1.93 bits per heavy atom. The van der Waals surface area contributed by atoms with Crippen LogP contribution in [-0.2, 0) is 0 Å². The number of quaternary nitrogens is 2. The summed E-state index contributed by atoms with van der Waals surface area (Å²) in [6.07, 6.45) is 6.62. The molecule has 1 saturated carbocycles. The quantitative estimate of drug-likeness (QED) is 0.701. The lowest BCUT2D eigenvalue weighted by atomic mass is 10.0. The van der Waals surface area contributed by atoms with Gasteiger partial charge in [0.1, 0.15) is 32.0 Å². The second-order valence-electron chi connectivity index (χ2n) is 7.78. The Morgan fingerprint density at radius 3 is 2.63 bits per heavy atom. The lowest BCUT2D eigenvalue weighted by molar-refractivity contribution is -1.02. The Bertz CT molecular complexity index is 761. The van der Waals surface area contributed by atoms with Crippen molar-refractivity contribution in [3.63, 3.8) is 0 Å². The summed E-state index contributed by atoms with van der Waals surface area (Å²) in [5.74, 6) is 0.644. The first-order valence-corrected chi connectivity index (χ1v) is 10.1. The van der Waals surface area contributed by atoms with Crippen LogP contribution in [0.1, 0.15) is 49.2 Å². The van der Waals surface area contributed by atoms with Gasteiger partial charge in [-0.05, 0) is 41.5 Å². The normalized spacial score (nSPS) is 24.8. The van der Waals surface area contributed by atoms with Crippen molar-refractivity contribution in [1.29, 1.82) is 0 Å². The third-order valence-corrected chi connectivity index (χ3v) is 6.10. The van der Waals surface area contributed by atoms with Crippen LogP contribution in [0.5, 0.6) is 0 Å². The van der Waals surface area contributed by atoms with Crippen LogP contribution < -0.4 is 9.80 Å². The van der Waals surface area contributed by atoms with Gasteiger partial charge >= 0.3 is 0 Å². The van der Waals surface area contributed by atoms with Crippen LogP contribution in [0.3, 0.4) is 0 Å². The largest absolute Gasteiger partial charge is 0.322 e. The van der Waals surface area contributed by atoms with Crippen molar-refractivity contribution < 1.29 is 14.2 Å². The number of rotatable bonds is 6. The maximum absolute atomic E-state index is 14.8. The molecule has 1 atom stereocenters. The first kappa shape index (κ1) is 18.3. The van der Waals surface area contributed by atoms with E-state index in [1.807, 2.05) is 22.9 Å². The number of benzene rings is 1. The molecule has 6 nitrogen and oxygen atoms in total. The van der Waals surface area contributed by atoms with Crippen LogP contribution in [-0.4, -0.2) is 52.9 Å². The van der Waals surface area contributed by atoms with Crippen molar-refractivity contribution in [1.82, 2.24) is 20.2 Å². The van der Waals surface area contributed by atoms with Crippen LogP contribution in [0, 0.1) is 5.82 Å². The summed E-state index contributed by atoms with van der Waals surface area (Å²) in [6, 6.07) is 7.28. The predicted octanol–water partition coefficient (Wildman–Crippen LogP) is -0.0139. The molecule has 1 aromatic heterocycles. The maximum Gasteiger partial charge on any atom is 0.214 e. The third-order valence-electron chi connectivity index (χ3n) is 6.10. The fourth-order valence-electron chi connectivity index (χ4n) is 4.67. The Hall–Kier alpha value is -2.12. The van der Waals surface area contributed by atoms with Gasteiger partial charge in [-0.2, -0.15) is 0 Å². The zero-order valence-corrected chi connectivity index (χ0v) is 15.8. The van der Waals surface area contributed by atoms with Gasteiger partial charge in [0.05, 0.1) is 18.2 Å². The maximum atomic E-state index is 14.8. The molecule has 144 valence electrons. The van der Waals surface area contributed by atoms with E-state index in [-0.39, 0.29) is 11.9 Å². The molecule has 0 radical (unpaired) electrons. The minimum atomic E-state index is -0.170. The van der Waals surface area contributed by atoms with Crippen LogP contribution in [0.2, 0.25) is 0 Å². The monoisotopic (exact) mass is 372 g/mol. The zero-order valence-electron chi connectivity index (χ0n) is 15.8. The molecule has 2 aliphatic rings. The van der Waals surface area contributed by atoms with Crippen molar-refractivity contribution >= 4 is 0 Å². The standard InChI is InChI=1S/C20H27FN6/c1-2-11-25-12-14-26(15-13-25)19(17-9-5-6-10-18(17)21)20-22-23-24-27(20)16-7-3-4-8-16/h2,5-6,9-10,16,19H,1,3-4,7-8,11-15H2/p+2/t19-/m0/s1. The SMILES string of the molecule is C=CC[NH+]1CC[NH+]([C@@H](c2ccccc2F)c2nnnn2C2CCCC2)CC1. The minimum absolute atomic E-state index is 0.160. The summed E-state index contributed by atoms with van der Waals surface area (Å²) in [5.41, 5.74) is 0.703. The molecule has 1 aromatic carbocycles. The number of aromatic nitrogens is 4. The molecule has 0 amide bonds. The highest BCUT2D eigenvalue weighted by atomic mass is 19.1. The Kier molecular flexibility index (Phi) is 5.59. The molecular formula is C20H29FN6+2. The second-order valence-corrected chi connectivity index (χ2v) is 7.78. The molecule has 1 aliphatic heterocycles. The van der Waals surface area contributed by atoms with E-state index in [2.05, 4.69) is 22.1 Å². The molecule has 1 saturated heterocycles. The molecule has 27 heavy (non-hydrogen) atoms. The van der Waals surface area contributed by atoms with Crippen molar-refractivity contribution in [3.05, 3.63) is 54.1 Å². The third kappa shape index (κ3) is 3.80. The predicted molar refractivity (Wildman–Crippen MR) is 100 cm³/mol. The highest BCUT2D eigenvalue weighted by molar-refractivity contribution is 5.24. The van der Waals surface area contributed by atoms with E-state index in [1.54, 1.807) is 12.1 Å². The molecule has 2 heterocycles. The van der Waals surface area contributed by atoms with Gasteiger partial charge in [0.2, 0.25) is 5.82 Å². The van der Waals surface area contributed by atoms with E-state index >= 15 is 0 Å². The number of tetrazole rings is 1. The summed E-state index contributed by atoms with van der Waals surface area (Å²) >= 11 is 0. The molecular weight excluding hydrogens is 343 g/mol. The second kappa shape index (κ2) is 8.27. The molecule has 2 aromatic rings. The zero-order chi connectivity index (χ0) is 18.6. The van der Waals surface area contributed by atoms with Crippen LogP contribution in [0.15, 0.2) is 36.9 Å². The minimum Gasteiger partial charge on any atom is -0.322 e. The first-order valence-electron chi connectivity index (χ1n) is 10.1. The average Bonchev–Trinajstić information content (AvgIpc) is 3.37. The van der Waals surface area contributed by atoms with Crippen molar-refractivity contribution in [2.45, 2.75) is 37.8 Å². The van der Waals surface area contributed by atoms with Gasteiger partial charge in [-0.25, -0.2) is 9.07 Å².